The van der Waals surface area contributed by atoms with E-state index in [1.165, 1.54) is 4.90 Å². The highest BCUT2D eigenvalue weighted by Gasteiger charge is 2.34. The molecule has 0 fully saturated rings. The number of nitrogens with one attached hydrogen (secondary N) is 1. The zero-order valence-corrected chi connectivity index (χ0v) is 18.9. The number of ether oxygens (including phenoxy) is 1. The smallest absolute Gasteiger partial charge is 0.268 e. The number of para-hydroxylation sites is 1. The van der Waals surface area contributed by atoms with Crippen molar-refractivity contribution in [1.82, 2.24) is 4.98 Å². The van der Waals surface area contributed by atoms with E-state index in [9.17, 15) is 9.59 Å². The number of carbonyl (C=O) groups is 2. The number of fused-ring (bicyclic) bond motifs is 1. The molecule has 0 radical (unpaired) electrons. The molecule has 154 valence electrons. The third-order valence-electron chi connectivity index (χ3n) is 4.80. The summed E-state index contributed by atoms with van der Waals surface area (Å²) in [5.74, 6) is 0.0811. The first-order valence-corrected chi connectivity index (χ1v) is 11.2. The maximum Gasteiger partial charge on any atom is 0.268 e. The summed E-state index contributed by atoms with van der Waals surface area (Å²) in [6.45, 7) is 3.73. The Labute approximate surface area is 187 Å². The molecule has 1 aliphatic rings. The second kappa shape index (κ2) is 8.57. The lowest BCUT2D eigenvalue weighted by Crippen LogP contribution is -2.48. The molecule has 0 saturated heterocycles. The third-order valence-corrected chi connectivity index (χ3v) is 6.26. The molecule has 30 heavy (non-hydrogen) atoms. The van der Waals surface area contributed by atoms with Gasteiger partial charge in [-0.15, -0.1) is 11.3 Å². The molecule has 4 rings (SSSR count). The fraction of sp³-hybridized carbons (Fsp3) is 0.227. The lowest BCUT2D eigenvalue weighted by molar-refractivity contribution is -0.128. The molecule has 1 N–H and O–H groups in total. The minimum absolute atomic E-state index is 0.105. The van der Waals surface area contributed by atoms with Gasteiger partial charge in [0.2, 0.25) is 5.91 Å². The lowest BCUT2D eigenvalue weighted by Gasteiger charge is -2.34. The van der Waals surface area contributed by atoms with Crippen molar-refractivity contribution in [2.45, 2.75) is 26.4 Å². The number of thiazole rings is 1. The van der Waals surface area contributed by atoms with Gasteiger partial charge in [-0.05, 0) is 59.6 Å². The van der Waals surface area contributed by atoms with Gasteiger partial charge in [-0.2, -0.15) is 0 Å². The number of carbonyl (C=O) groups excluding carboxylic acids is 2. The average Bonchev–Trinajstić information content (AvgIpc) is 3.17. The summed E-state index contributed by atoms with van der Waals surface area (Å²) in [5, 5.41) is 5.80. The van der Waals surface area contributed by atoms with Gasteiger partial charge in [0.1, 0.15) is 12.3 Å². The number of rotatable bonds is 5. The predicted molar refractivity (Wildman–Crippen MR) is 122 cm³/mol. The Hall–Kier alpha value is -2.71. The monoisotopic (exact) mass is 485 g/mol. The minimum atomic E-state index is -0.610. The maximum atomic E-state index is 13.0. The summed E-state index contributed by atoms with van der Waals surface area (Å²) in [5.41, 5.74) is 2.95. The summed E-state index contributed by atoms with van der Waals surface area (Å²) in [6.07, 6.45) is -0.0886. The fourth-order valence-electron chi connectivity index (χ4n) is 3.30. The summed E-state index contributed by atoms with van der Waals surface area (Å²) < 4.78 is 6.67. The first kappa shape index (κ1) is 20.6. The quantitative estimate of drug-likeness (QED) is 0.550. The highest BCUT2D eigenvalue weighted by molar-refractivity contribution is 9.10. The first-order valence-electron chi connectivity index (χ1n) is 9.55. The van der Waals surface area contributed by atoms with Gasteiger partial charge in [0.05, 0.1) is 22.1 Å². The zero-order chi connectivity index (χ0) is 21.3. The fourth-order valence-corrected chi connectivity index (χ4v) is 4.30. The molecule has 1 aromatic heterocycles. The highest BCUT2D eigenvalue weighted by Crippen LogP contribution is 2.38. The van der Waals surface area contributed by atoms with E-state index in [4.69, 9.17) is 4.74 Å². The van der Waals surface area contributed by atoms with Crippen LogP contribution >= 0.6 is 27.3 Å². The van der Waals surface area contributed by atoms with E-state index < -0.39 is 6.10 Å². The van der Waals surface area contributed by atoms with E-state index in [0.717, 1.165) is 20.7 Å². The Morgan fingerprint density at radius 3 is 2.80 bits per heavy atom. The Bertz CT molecular complexity index is 1110. The van der Waals surface area contributed by atoms with Crippen LogP contribution in [0.1, 0.15) is 18.4 Å². The number of hydrogen-bond donors (Lipinski definition) is 1. The van der Waals surface area contributed by atoms with Crippen LogP contribution in [0.3, 0.4) is 0 Å². The average molecular weight is 486 g/mol. The van der Waals surface area contributed by atoms with Crippen molar-refractivity contribution in [3.05, 3.63) is 57.3 Å². The van der Waals surface area contributed by atoms with Gasteiger partial charge in [-0.1, -0.05) is 19.1 Å². The van der Waals surface area contributed by atoms with Crippen LogP contribution < -0.4 is 15.0 Å². The van der Waals surface area contributed by atoms with Gasteiger partial charge in [0, 0.05) is 15.4 Å². The van der Waals surface area contributed by atoms with Crippen LogP contribution in [0.15, 0.2) is 52.3 Å². The van der Waals surface area contributed by atoms with E-state index >= 15 is 0 Å². The van der Waals surface area contributed by atoms with Crippen LogP contribution in [0, 0.1) is 6.92 Å². The molecule has 8 heteroatoms. The molecule has 0 spiro atoms. The second-order valence-electron chi connectivity index (χ2n) is 6.90. The number of anilines is 2. The van der Waals surface area contributed by atoms with Crippen molar-refractivity contribution in [2.75, 3.05) is 16.8 Å². The molecule has 1 aliphatic heterocycles. The molecule has 3 aromatic rings. The summed E-state index contributed by atoms with van der Waals surface area (Å²) in [7, 11) is 0. The van der Waals surface area contributed by atoms with Gasteiger partial charge in [0.25, 0.3) is 5.91 Å². The van der Waals surface area contributed by atoms with Crippen molar-refractivity contribution in [3.8, 4) is 17.0 Å². The van der Waals surface area contributed by atoms with Crippen LogP contribution in [0.2, 0.25) is 0 Å². The Morgan fingerprint density at radius 2 is 2.10 bits per heavy atom. The number of benzene rings is 2. The number of halogens is 1. The molecule has 0 bridgehead atoms. The van der Waals surface area contributed by atoms with Crippen LogP contribution in [0.25, 0.3) is 11.3 Å². The van der Waals surface area contributed by atoms with Gasteiger partial charge in [-0.25, -0.2) is 4.98 Å². The van der Waals surface area contributed by atoms with Crippen LogP contribution in [-0.4, -0.2) is 29.4 Å². The van der Waals surface area contributed by atoms with Crippen LogP contribution in [0.4, 0.5) is 11.4 Å². The third kappa shape index (κ3) is 4.11. The van der Waals surface area contributed by atoms with Crippen LogP contribution in [0.5, 0.6) is 5.75 Å². The summed E-state index contributed by atoms with van der Waals surface area (Å²) in [4.78, 5) is 31.8. The van der Waals surface area contributed by atoms with E-state index in [2.05, 4.69) is 26.2 Å². The van der Waals surface area contributed by atoms with E-state index in [1.807, 2.05) is 55.6 Å². The lowest BCUT2D eigenvalue weighted by atomic mass is 10.1. The SMILES string of the molecule is CCC1Oc2ccc(-c3csc(C)n3)cc2N(CC(=O)Nc2ccccc2Br)C1=O. The Balaban J connectivity index is 1.65. The molecule has 1 unspecified atom stereocenters. The van der Waals surface area contributed by atoms with Crippen molar-refractivity contribution in [1.29, 1.82) is 0 Å². The van der Waals surface area contributed by atoms with Gasteiger partial charge < -0.3 is 10.1 Å². The molecule has 2 heterocycles. The molecular formula is C22H20BrN3O3S. The number of hydrogen-bond acceptors (Lipinski definition) is 5. The predicted octanol–water partition coefficient (Wildman–Crippen LogP) is 5.02. The van der Waals surface area contributed by atoms with E-state index in [-0.39, 0.29) is 18.4 Å². The molecule has 2 aromatic carbocycles. The number of aromatic nitrogens is 1. The van der Waals surface area contributed by atoms with Crippen LogP contribution in [-0.2, 0) is 9.59 Å². The van der Waals surface area contributed by atoms with E-state index in [1.54, 1.807) is 17.4 Å². The normalized spacial score (nSPS) is 15.5. The topological polar surface area (TPSA) is 71.5 Å². The second-order valence-corrected chi connectivity index (χ2v) is 8.82. The molecule has 0 saturated carbocycles. The Kier molecular flexibility index (Phi) is 5.87. The van der Waals surface area contributed by atoms with Crippen molar-refractivity contribution < 1.29 is 14.3 Å². The largest absolute Gasteiger partial charge is 0.478 e. The van der Waals surface area contributed by atoms with Gasteiger partial charge in [0.15, 0.2) is 6.10 Å². The standard InChI is InChI=1S/C22H20BrN3O3S/c1-3-19-22(28)26(11-21(27)25-16-7-5-4-6-15(16)23)18-10-14(8-9-20(18)29-19)17-12-30-13(2)24-17/h4-10,12,19H,3,11H2,1-2H3,(H,25,27). The number of nitrogens with zero attached hydrogens (tertiary/aromatic N) is 2. The van der Waals surface area contributed by atoms with Crippen molar-refractivity contribution in [3.63, 3.8) is 0 Å². The highest BCUT2D eigenvalue weighted by atomic mass is 79.9. The molecular weight excluding hydrogens is 466 g/mol. The summed E-state index contributed by atoms with van der Waals surface area (Å²) in [6, 6.07) is 13.0. The zero-order valence-electron chi connectivity index (χ0n) is 16.5. The molecule has 1 atom stereocenters. The van der Waals surface area contributed by atoms with Crippen molar-refractivity contribution in [2.24, 2.45) is 0 Å². The van der Waals surface area contributed by atoms with Crippen molar-refractivity contribution >= 4 is 50.5 Å². The summed E-state index contributed by atoms with van der Waals surface area (Å²) >= 11 is 4.99. The Morgan fingerprint density at radius 1 is 1.30 bits per heavy atom. The molecule has 0 aliphatic carbocycles. The first-order chi connectivity index (χ1) is 14.5. The molecule has 2 amide bonds. The minimum Gasteiger partial charge on any atom is -0.478 e. The molecule has 6 nitrogen and oxygen atoms in total. The maximum absolute atomic E-state index is 13.0. The van der Waals surface area contributed by atoms with Gasteiger partial charge in [-0.3, -0.25) is 14.5 Å². The van der Waals surface area contributed by atoms with E-state index in [0.29, 0.717) is 23.5 Å². The number of aryl methyl sites for hydroxylation is 1. The van der Waals surface area contributed by atoms with Gasteiger partial charge >= 0.3 is 0 Å². The number of amides is 2.